The minimum absolute atomic E-state index is 0.195. The first-order chi connectivity index (χ1) is 14.9. The Hall–Kier alpha value is -3.43. The lowest BCUT2D eigenvalue weighted by atomic mass is 10.2. The normalized spacial score (nSPS) is 18.9. The van der Waals surface area contributed by atoms with Crippen LogP contribution >= 0.6 is 0 Å². The summed E-state index contributed by atoms with van der Waals surface area (Å²) in [6, 6.07) is 4.76. The van der Waals surface area contributed by atoms with Crippen LogP contribution in [0.5, 0.6) is 0 Å². The van der Waals surface area contributed by atoms with E-state index in [4.69, 9.17) is 4.74 Å². The SMILES string of the molecule is CC(=O)NC[C@H]1CN(c2ccc(N3CCN(c4ncc(C)cn4)CC3)c(F)c2)C(=O)O1. The molecule has 0 aliphatic carbocycles. The van der Waals surface area contributed by atoms with E-state index in [0.29, 0.717) is 43.5 Å². The second-order valence-electron chi connectivity index (χ2n) is 7.72. The van der Waals surface area contributed by atoms with Crippen molar-refractivity contribution in [1.82, 2.24) is 15.3 Å². The summed E-state index contributed by atoms with van der Waals surface area (Å²) >= 11 is 0. The van der Waals surface area contributed by atoms with E-state index in [0.717, 1.165) is 5.56 Å². The van der Waals surface area contributed by atoms with Crippen LogP contribution in [0.15, 0.2) is 30.6 Å². The predicted molar refractivity (Wildman–Crippen MR) is 114 cm³/mol. The highest BCUT2D eigenvalue weighted by Crippen LogP contribution is 2.28. The molecule has 9 nitrogen and oxygen atoms in total. The van der Waals surface area contributed by atoms with Crippen LogP contribution in [-0.2, 0) is 9.53 Å². The van der Waals surface area contributed by atoms with Crippen molar-refractivity contribution in [2.75, 3.05) is 54.0 Å². The summed E-state index contributed by atoms with van der Waals surface area (Å²) in [6.45, 7) is 6.48. The van der Waals surface area contributed by atoms with Gasteiger partial charge in [-0.05, 0) is 30.7 Å². The highest BCUT2D eigenvalue weighted by molar-refractivity contribution is 5.90. The summed E-state index contributed by atoms with van der Waals surface area (Å²) in [5.41, 5.74) is 1.94. The number of rotatable bonds is 5. The third-order valence-corrected chi connectivity index (χ3v) is 5.37. The summed E-state index contributed by atoms with van der Waals surface area (Å²) in [4.78, 5) is 37.4. The topological polar surface area (TPSA) is 90.9 Å². The molecule has 1 N–H and O–H groups in total. The predicted octanol–water partition coefficient (Wildman–Crippen LogP) is 1.71. The fourth-order valence-corrected chi connectivity index (χ4v) is 3.71. The van der Waals surface area contributed by atoms with Gasteiger partial charge in [-0.1, -0.05) is 0 Å². The van der Waals surface area contributed by atoms with Crippen molar-refractivity contribution in [1.29, 1.82) is 0 Å². The second kappa shape index (κ2) is 8.75. The van der Waals surface area contributed by atoms with Gasteiger partial charge >= 0.3 is 6.09 Å². The van der Waals surface area contributed by atoms with Crippen molar-refractivity contribution < 1.29 is 18.7 Å². The van der Waals surface area contributed by atoms with E-state index >= 15 is 0 Å². The van der Waals surface area contributed by atoms with Crippen molar-refractivity contribution in [2.24, 2.45) is 0 Å². The van der Waals surface area contributed by atoms with Crippen molar-refractivity contribution in [3.63, 3.8) is 0 Å². The molecule has 2 amide bonds. The molecule has 2 saturated heterocycles. The van der Waals surface area contributed by atoms with Gasteiger partial charge in [-0.3, -0.25) is 9.69 Å². The number of nitrogens with one attached hydrogen (secondary N) is 1. The average Bonchev–Trinajstić information content (AvgIpc) is 3.13. The molecule has 0 unspecified atom stereocenters. The Labute approximate surface area is 179 Å². The molecule has 164 valence electrons. The van der Waals surface area contributed by atoms with Crippen molar-refractivity contribution >= 4 is 29.3 Å². The molecule has 1 atom stereocenters. The monoisotopic (exact) mass is 428 g/mol. The summed E-state index contributed by atoms with van der Waals surface area (Å²) in [5.74, 6) is 0.0945. The second-order valence-corrected chi connectivity index (χ2v) is 7.72. The van der Waals surface area contributed by atoms with E-state index in [2.05, 4.69) is 20.2 Å². The fourth-order valence-electron chi connectivity index (χ4n) is 3.71. The van der Waals surface area contributed by atoms with E-state index in [9.17, 15) is 14.0 Å². The van der Waals surface area contributed by atoms with Crippen LogP contribution in [0.3, 0.4) is 0 Å². The number of piperazine rings is 1. The largest absolute Gasteiger partial charge is 0.442 e. The van der Waals surface area contributed by atoms with Gasteiger partial charge in [0.05, 0.1) is 24.5 Å². The molecular formula is C21H25FN6O3. The number of cyclic esters (lactones) is 1. The van der Waals surface area contributed by atoms with E-state index in [1.54, 1.807) is 24.5 Å². The number of nitrogens with zero attached hydrogens (tertiary/aromatic N) is 5. The van der Waals surface area contributed by atoms with Gasteiger partial charge in [-0.25, -0.2) is 19.2 Å². The number of benzene rings is 1. The Morgan fingerprint density at radius 3 is 2.52 bits per heavy atom. The molecule has 4 rings (SSSR count). The first kappa shape index (κ1) is 20.8. The van der Waals surface area contributed by atoms with Gasteiger partial charge < -0.3 is 19.9 Å². The van der Waals surface area contributed by atoms with Gasteiger partial charge in [-0.2, -0.15) is 0 Å². The first-order valence-corrected chi connectivity index (χ1v) is 10.2. The minimum Gasteiger partial charge on any atom is -0.442 e. The lowest BCUT2D eigenvalue weighted by Gasteiger charge is -2.36. The van der Waals surface area contributed by atoms with Crippen LogP contribution in [0, 0.1) is 12.7 Å². The average molecular weight is 428 g/mol. The minimum atomic E-state index is -0.547. The van der Waals surface area contributed by atoms with E-state index in [-0.39, 0.29) is 19.0 Å². The van der Waals surface area contributed by atoms with Crippen LogP contribution in [-0.4, -0.2) is 67.3 Å². The number of hydrogen-bond donors (Lipinski definition) is 1. The van der Waals surface area contributed by atoms with Gasteiger partial charge in [0.2, 0.25) is 11.9 Å². The Morgan fingerprint density at radius 1 is 1.19 bits per heavy atom. The number of aryl methyl sites for hydroxylation is 1. The summed E-state index contributed by atoms with van der Waals surface area (Å²) < 4.78 is 20.2. The molecule has 2 aliphatic rings. The molecule has 2 aliphatic heterocycles. The molecule has 1 aromatic carbocycles. The molecule has 3 heterocycles. The summed E-state index contributed by atoms with van der Waals surface area (Å²) in [7, 11) is 0. The lowest BCUT2D eigenvalue weighted by molar-refractivity contribution is -0.119. The Bertz CT molecular complexity index is 962. The van der Waals surface area contributed by atoms with Gasteiger partial charge in [0.25, 0.3) is 0 Å². The molecule has 0 spiro atoms. The highest BCUT2D eigenvalue weighted by Gasteiger charge is 2.33. The van der Waals surface area contributed by atoms with Crippen molar-refractivity contribution in [3.05, 3.63) is 42.0 Å². The molecule has 1 aromatic heterocycles. The Morgan fingerprint density at radius 2 is 1.87 bits per heavy atom. The number of ether oxygens (including phenoxy) is 1. The Balaban J connectivity index is 1.38. The summed E-state index contributed by atoms with van der Waals surface area (Å²) in [5, 5.41) is 2.63. The molecule has 0 bridgehead atoms. The number of aromatic nitrogens is 2. The molecule has 31 heavy (non-hydrogen) atoms. The van der Waals surface area contributed by atoms with Crippen LogP contribution < -0.4 is 20.0 Å². The van der Waals surface area contributed by atoms with Crippen LogP contribution in [0.1, 0.15) is 12.5 Å². The van der Waals surface area contributed by atoms with Gasteiger partial charge in [-0.15, -0.1) is 0 Å². The molecule has 0 radical (unpaired) electrons. The molecule has 2 aromatic rings. The van der Waals surface area contributed by atoms with Gasteiger partial charge in [0.15, 0.2) is 0 Å². The maximum atomic E-state index is 14.9. The number of halogens is 1. The fraction of sp³-hybridized carbons (Fsp3) is 0.429. The van der Waals surface area contributed by atoms with E-state index in [1.165, 1.54) is 17.9 Å². The third-order valence-electron chi connectivity index (χ3n) is 5.37. The number of carbonyl (C=O) groups excluding carboxylic acids is 2. The maximum Gasteiger partial charge on any atom is 0.414 e. The number of anilines is 3. The standard InChI is InChI=1S/C21H25FN6O3/c1-14-10-24-20(25-11-14)27-7-5-26(6-8-27)19-4-3-16(9-18(19)22)28-13-17(31-21(28)30)12-23-15(2)29/h3-4,9-11,17H,5-8,12-13H2,1-2H3,(H,23,29)/t17-/m0/s1. The van der Waals surface area contributed by atoms with Gasteiger partial charge in [0.1, 0.15) is 11.9 Å². The maximum absolute atomic E-state index is 14.9. The van der Waals surface area contributed by atoms with Crippen molar-refractivity contribution in [3.8, 4) is 0 Å². The first-order valence-electron chi connectivity index (χ1n) is 10.2. The molecular weight excluding hydrogens is 403 g/mol. The quantitative estimate of drug-likeness (QED) is 0.775. The molecule has 0 saturated carbocycles. The zero-order valence-corrected chi connectivity index (χ0v) is 17.5. The van der Waals surface area contributed by atoms with Crippen LogP contribution in [0.25, 0.3) is 0 Å². The smallest absolute Gasteiger partial charge is 0.414 e. The third kappa shape index (κ3) is 4.68. The number of hydrogen-bond acceptors (Lipinski definition) is 7. The number of carbonyl (C=O) groups is 2. The van der Waals surface area contributed by atoms with E-state index < -0.39 is 18.0 Å². The van der Waals surface area contributed by atoms with E-state index in [1.807, 2.05) is 11.8 Å². The molecule has 10 heteroatoms. The number of amides is 2. The zero-order chi connectivity index (χ0) is 22.0. The van der Waals surface area contributed by atoms with Crippen molar-refractivity contribution in [2.45, 2.75) is 20.0 Å². The summed E-state index contributed by atoms with van der Waals surface area (Å²) in [6.07, 6.45) is 2.57. The van der Waals surface area contributed by atoms with Gasteiger partial charge in [0, 0.05) is 45.5 Å². The highest BCUT2D eigenvalue weighted by atomic mass is 19.1. The molecule has 2 fully saturated rings. The van der Waals surface area contributed by atoms with Crippen LogP contribution in [0.2, 0.25) is 0 Å². The zero-order valence-electron chi connectivity index (χ0n) is 17.5. The van der Waals surface area contributed by atoms with Crippen LogP contribution in [0.4, 0.5) is 26.5 Å². The lowest BCUT2D eigenvalue weighted by Crippen LogP contribution is -2.47. The Kier molecular flexibility index (Phi) is 5.88.